The molecule has 0 N–H and O–H groups in total. The molecule has 0 unspecified atom stereocenters. The number of hydrogen-bond acceptors (Lipinski definition) is 3. The summed E-state index contributed by atoms with van der Waals surface area (Å²) in [4.78, 5) is 10.0. The van der Waals surface area contributed by atoms with Gasteiger partial charge in [-0.1, -0.05) is 18.5 Å². The van der Waals surface area contributed by atoms with Gasteiger partial charge in [-0.15, -0.1) is 11.3 Å². The number of rotatable bonds is 3. The van der Waals surface area contributed by atoms with E-state index in [-0.39, 0.29) is 0 Å². The van der Waals surface area contributed by atoms with E-state index in [1.807, 2.05) is 6.07 Å². The van der Waals surface area contributed by atoms with E-state index in [1.165, 1.54) is 4.88 Å². The third-order valence-electron chi connectivity index (χ3n) is 2.35. The molecule has 0 fully saturated rings. The Balaban J connectivity index is 2.45. The van der Waals surface area contributed by atoms with Crippen LogP contribution >= 0.6 is 22.9 Å². The van der Waals surface area contributed by atoms with Gasteiger partial charge in [0.15, 0.2) is 0 Å². The van der Waals surface area contributed by atoms with Crippen molar-refractivity contribution in [2.75, 3.05) is 0 Å². The third-order valence-corrected chi connectivity index (χ3v) is 3.39. The van der Waals surface area contributed by atoms with Crippen molar-refractivity contribution >= 4 is 22.9 Å². The Morgan fingerprint density at radius 3 is 2.81 bits per heavy atom. The monoisotopic (exact) mass is 252 g/mol. The summed E-state index contributed by atoms with van der Waals surface area (Å²) in [5.74, 6) is 0.829. The number of halogens is 1. The Morgan fingerprint density at radius 2 is 2.19 bits per heavy atom. The van der Waals surface area contributed by atoms with Crippen LogP contribution in [0.2, 0.25) is 5.15 Å². The highest BCUT2D eigenvalue weighted by atomic mass is 35.5. The first kappa shape index (κ1) is 11.6. The Bertz CT molecular complexity index is 494. The summed E-state index contributed by atoms with van der Waals surface area (Å²) in [6.07, 6.45) is 1.90. The average molecular weight is 253 g/mol. The van der Waals surface area contributed by atoms with Crippen LogP contribution in [-0.4, -0.2) is 9.97 Å². The zero-order valence-corrected chi connectivity index (χ0v) is 10.9. The zero-order valence-electron chi connectivity index (χ0n) is 9.33. The second-order valence-corrected chi connectivity index (χ2v) is 5.14. The molecule has 0 saturated heterocycles. The number of thiophene rings is 1. The zero-order chi connectivity index (χ0) is 11.5. The number of hydrogen-bond donors (Lipinski definition) is 0. The lowest BCUT2D eigenvalue weighted by Gasteiger charge is -2.03. The van der Waals surface area contributed by atoms with Crippen LogP contribution in [0.15, 0.2) is 17.5 Å². The van der Waals surface area contributed by atoms with Crippen LogP contribution in [0.5, 0.6) is 0 Å². The lowest BCUT2D eigenvalue weighted by Crippen LogP contribution is -1.96. The van der Waals surface area contributed by atoms with E-state index in [0.29, 0.717) is 5.15 Å². The molecule has 0 aliphatic rings. The molecule has 2 aromatic rings. The molecule has 0 aromatic carbocycles. The molecular weight excluding hydrogens is 240 g/mol. The molecule has 0 bridgehead atoms. The quantitative estimate of drug-likeness (QED) is 0.768. The van der Waals surface area contributed by atoms with Crippen molar-refractivity contribution < 1.29 is 0 Å². The van der Waals surface area contributed by atoms with E-state index >= 15 is 0 Å². The van der Waals surface area contributed by atoms with Gasteiger partial charge in [-0.25, -0.2) is 9.97 Å². The third kappa shape index (κ3) is 2.42. The fourth-order valence-corrected chi connectivity index (χ4v) is 2.50. The molecular formula is C12H13ClN2S. The van der Waals surface area contributed by atoms with Crippen LogP contribution in [0.25, 0.3) is 11.3 Å². The first-order valence-electron chi connectivity index (χ1n) is 5.28. The molecule has 0 atom stereocenters. The molecule has 2 heterocycles. The molecule has 0 amide bonds. The lowest BCUT2D eigenvalue weighted by molar-refractivity contribution is 0.836. The van der Waals surface area contributed by atoms with Gasteiger partial charge in [0.1, 0.15) is 11.0 Å². The maximum atomic E-state index is 6.01. The van der Waals surface area contributed by atoms with Crippen molar-refractivity contribution in [2.45, 2.75) is 26.7 Å². The highest BCUT2D eigenvalue weighted by Crippen LogP contribution is 2.27. The minimum atomic E-state index is 0.527. The van der Waals surface area contributed by atoms with E-state index in [0.717, 1.165) is 29.9 Å². The first-order chi connectivity index (χ1) is 7.70. The molecule has 0 radical (unpaired) electrons. The van der Waals surface area contributed by atoms with Gasteiger partial charge in [0.05, 0.1) is 5.69 Å². The normalized spacial score (nSPS) is 10.7. The minimum Gasteiger partial charge on any atom is -0.233 e. The Morgan fingerprint density at radius 1 is 1.38 bits per heavy atom. The summed E-state index contributed by atoms with van der Waals surface area (Å²) in [5.41, 5.74) is 2.09. The smallest absolute Gasteiger partial charge is 0.133 e. The first-order valence-corrected chi connectivity index (χ1v) is 6.54. The summed E-state index contributed by atoms with van der Waals surface area (Å²) in [7, 11) is 0. The van der Waals surface area contributed by atoms with Crippen LogP contribution in [0.1, 0.15) is 24.0 Å². The fraction of sp³-hybridized carbons (Fsp3) is 0.333. The predicted molar refractivity (Wildman–Crippen MR) is 69.1 cm³/mol. The van der Waals surface area contributed by atoms with Gasteiger partial charge in [-0.2, -0.15) is 0 Å². The Hall–Kier alpha value is -0.930. The van der Waals surface area contributed by atoms with E-state index in [4.69, 9.17) is 11.6 Å². The fourth-order valence-electron chi connectivity index (χ4n) is 1.59. The second-order valence-electron chi connectivity index (χ2n) is 3.63. The molecule has 2 nitrogen and oxygen atoms in total. The summed E-state index contributed by atoms with van der Waals surface area (Å²) in [5, 5.41) is 2.60. The highest BCUT2D eigenvalue weighted by molar-refractivity contribution is 7.10. The van der Waals surface area contributed by atoms with Gasteiger partial charge in [-0.05, 0) is 24.8 Å². The van der Waals surface area contributed by atoms with Gasteiger partial charge in [0.25, 0.3) is 0 Å². The van der Waals surface area contributed by atoms with Crippen molar-refractivity contribution in [1.29, 1.82) is 0 Å². The standard InChI is InChI=1S/C12H13ClN2S/c1-3-4-12-14-10(7-11(13)15-12)9-5-6-16-8(9)2/h5-7H,3-4H2,1-2H3. The number of nitrogens with zero attached hydrogens (tertiary/aromatic N) is 2. The second kappa shape index (κ2) is 4.93. The Kier molecular flexibility index (Phi) is 3.56. The van der Waals surface area contributed by atoms with Gasteiger partial charge in [0.2, 0.25) is 0 Å². The van der Waals surface area contributed by atoms with E-state index in [2.05, 4.69) is 35.3 Å². The van der Waals surface area contributed by atoms with Crippen LogP contribution in [0.4, 0.5) is 0 Å². The molecule has 0 aliphatic carbocycles. The number of aromatic nitrogens is 2. The molecule has 84 valence electrons. The molecule has 0 aliphatic heterocycles. The van der Waals surface area contributed by atoms with E-state index < -0.39 is 0 Å². The van der Waals surface area contributed by atoms with Crippen molar-refractivity contribution in [3.63, 3.8) is 0 Å². The molecule has 4 heteroatoms. The predicted octanol–water partition coefficient (Wildman–Crippen LogP) is 4.12. The lowest BCUT2D eigenvalue weighted by atomic mass is 10.2. The van der Waals surface area contributed by atoms with Gasteiger partial charge in [0, 0.05) is 22.9 Å². The molecule has 2 aromatic heterocycles. The van der Waals surface area contributed by atoms with Gasteiger partial charge >= 0.3 is 0 Å². The van der Waals surface area contributed by atoms with Crippen molar-refractivity contribution in [1.82, 2.24) is 9.97 Å². The van der Waals surface area contributed by atoms with Gasteiger partial charge < -0.3 is 0 Å². The minimum absolute atomic E-state index is 0.527. The summed E-state index contributed by atoms with van der Waals surface area (Å²) < 4.78 is 0. The summed E-state index contributed by atoms with van der Waals surface area (Å²) in [6.45, 7) is 4.20. The molecule has 0 spiro atoms. The van der Waals surface area contributed by atoms with E-state index in [1.54, 1.807) is 11.3 Å². The van der Waals surface area contributed by atoms with Crippen LogP contribution in [0.3, 0.4) is 0 Å². The molecule has 16 heavy (non-hydrogen) atoms. The largest absolute Gasteiger partial charge is 0.233 e. The highest BCUT2D eigenvalue weighted by Gasteiger charge is 2.08. The van der Waals surface area contributed by atoms with Crippen LogP contribution in [-0.2, 0) is 6.42 Å². The average Bonchev–Trinajstić information content (AvgIpc) is 2.64. The number of aryl methyl sites for hydroxylation is 2. The maximum Gasteiger partial charge on any atom is 0.133 e. The van der Waals surface area contributed by atoms with E-state index in [9.17, 15) is 0 Å². The SMILES string of the molecule is CCCc1nc(Cl)cc(-c2ccsc2C)n1. The van der Waals surface area contributed by atoms with Gasteiger partial charge in [-0.3, -0.25) is 0 Å². The van der Waals surface area contributed by atoms with Crippen molar-refractivity contribution in [3.05, 3.63) is 33.4 Å². The molecule has 0 saturated carbocycles. The Labute approximate surface area is 104 Å². The van der Waals surface area contributed by atoms with Crippen molar-refractivity contribution in [3.8, 4) is 11.3 Å². The molecule has 2 rings (SSSR count). The van der Waals surface area contributed by atoms with Crippen molar-refractivity contribution in [2.24, 2.45) is 0 Å². The maximum absolute atomic E-state index is 6.01. The van der Waals surface area contributed by atoms with Crippen LogP contribution in [0, 0.1) is 6.92 Å². The summed E-state index contributed by atoms with van der Waals surface area (Å²) in [6, 6.07) is 3.91. The summed E-state index contributed by atoms with van der Waals surface area (Å²) >= 11 is 7.73. The topological polar surface area (TPSA) is 25.8 Å². The van der Waals surface area contributed by atoms with Crippen LogP contribution < -0.4 is 0 Å².